The molecular weight excluding hydrogens is 180 g/mol. The van der Waals surface area contributed by atoms with Crippen LogP contribution in [0, 0.1) is 18.3 Å². The van der Waals surface area contributed by atoms with Gasteiger partial charge in [-0.25, -0.2) is 4.79 Å². The van der Waals surface area contributed by atoms with Crippen LogP contribution < -0.4 is 10.6 Å². The van der Waals surface area contributed by atoms with E-state index >= 15 is 0 Å². The molecule has 0 radical (unpaired) electrons. The topological polar surface area (TPSA) is 50.4 Å². The first kappa shape index (κ1) is 10.9. The van der Waals surface area contributed by atoms with Crippen LogP contribution in [0.4, 0.5) is 4.79 Å². The molecule has 1 amide bonds. The highest BCUT2D eigenvalue weighted by molar-refractivity contribution is 5.67. The van der Waals surface area contributed by atoms with E-state index in [0.717, 1.165) is 19.5 Å². The molecule has 0 bridgehead atoms. The molecule has 1 heterocycles. The van der Waals surface area contributed by atoms with Crippen molar-refractivity contribution in [1.82, 2.24) is 10.6 Å². The van der Waals surface area contributed by atoms with Gasteiger partial charge in [0, 0.05) is 6.04 Å². The Kier molecular flexibility index (Phi) is 4.27. The maximum absolute atomic E-state index is 11.2. The predicted octanol–water partition coefficient (Wildman–Crippen LogP) is 0.344. The van der Waals surface area contributed by atoms with Crippen molar-refractivity contribution in [1.29, 1.82) is 0 Å². The number of hydrogen-bond acceptors (Lipinski definition) is 3. The first-order valence-corrected chi connectivity index (χ1v) is 4.81. The number of amides is 1. The van der Waals surface area contributed by atoms with E-state index in [4.69, 9.17) is 11.2 Å². The molecule has 4 heteroatoms. The minimum absolute atomic E-state index is 0.0329. The Morgan fingerprint density at radius 3 is 3.21 bits per heavy atom. The van der Waals surface area contributed by atoms with E-state index in [-0.39, 0.29) is 12.6 Å². The van der Waals surface area contributed by atoms with Gasteiger partial charge in [-0.1, -0.05) is 12.8 Å². The normalized spacial score (nSPS) is 26.3. The molecule has 0 spiro atoms. The molecule has 0 aromatic carbocycles. The molecule has 1 aliphatic rings. The van der Waals surface area contributed by atoms with Crippen molar-refractivity contribution >= 4 is 6.09 Å². The molecular formula is C10H16N2O2. The van der Waals surface area contributed by atoms with Crippen molar-refractivity contribution in [2.45, 2.75) is 19.4 Å². The Hall–Kier alpha value is -1.21. The Bertz CT molecular complexity index is 235. The third-order valence-corrected chi connectivity index (χ3v) is 2.38. The summed E-state index contributed by atoms with van der Waals surface area (Å²) < 4.78 is 4.74. The Morgan fingerprint density at radius 1 is 1.79 bits per heavy atom. The van der Waals surface area contributed by atoms with E-state index in [2.05, 4.69) is 23.5 Å². The van der Waals surface area contributed by atoms with Gasteiger partial charge in [-0.15, -0.1) is 6.42 Å². The van der Waals surface area contributed by atoms with Gasteiger partial charge in [-0.05, 0) is 25.4 Å². The van der Waals surface area contributed by atoms with Gasteiger partial charge in [0.25, 0.3) is 0 Å². The lowest BCUT2D eigenvalue weighted by molar-refractivity contribution is 0.148. The number of carbonyl (C=O) groups excluding carboxylic acids is 1. The lowest BCUT2D eigenvalue weighted by Crippen LogP contribution is -2.48. The Balaban J connectivity index is 2.28. The Morgan fingerprint density at radius 2 is 2.57 bits per heavy atom. The summed E-state index contributed by atoms with van der Waals surface area (Å²) in [6.45, 7) is 3.99. The molecule has 2 unspecified atom stereocenters. The van der Waals surface area contributed by atoms with Crippen LogP contribution in [0.15, 0.2) is 0 Å². The van der Waals surface area contributed by atoms with Crippen LogP contribution in [0.5, 0.6) is 0 Å². The summed E-state index contributed by atoms with van der Waals surface area (Å²) in [5.41, 5.74) is 0. The standard InChI is InChI=1S/C10H16N2O2/c1-3-6-14-10(13)12-9-4-5-11-7-8(9)2/h1,8-9,11H,4-7H2,2H3,(H,12,13). The van der Waals surface area contributed by atoms with Gasteiger partial charge in [0.1, 0.15) is 0 Å². The summed E-state index contributed by atoms with van der Waals surface area (Å²) in [6.07, 6.45) is 5.49. The molecule has 0 aromatic heterocycles. The highest BCUT2D eigenvalue weighted by Gasteiger charge is 2.22. The second kappa shape index (κ2) is 5.51. The molecule has 0 saturated carbocycles. The SMILES string of the molecule is C#CCOC(=O)NC1CCNCC1C. The monoisotopic (exact) mass is 196 g/mol. The van der Waals surface area contributed by atoms with Crippen LogP contribution in [0.25, 0.3) is 0 Å². The molecule has 1 aliphatic heterocycles. The number of rotatable bonds is 2. The summed E-state index contributed by atoms with van der Waals surface area (Å²) in [7, 11) is 0. The second-order valence-electron chi connectivity index (χ2n) is 3.50. The number of nitrogens with one attached hydrogen (secondary N) is 2. The molecule has 14 heavy (non-hydrogen) atoms. The van der Waals surface area contributed by atoms with Gasteiger partial charge in [-0.2, -0.15) is 0 Å². The van der Waals surface area contributed by atoms with Crippen molar-refractivity contribution in [3.8, 4) is 12.3 Å². The van der Waals surface area contributed by atoms with E-state index in [0.29, 0.717) is 5.92 Å². The number of carbonyl (C=O) groups is 1. The zero-order valence-electron chi connectivity index (χ0n) is 8.38. The smallest absolute Gasteiger partial charge is 0.408 e. The van der Waals surface area contributed by atoms with Crippen LogP contribution in [0.3, 0.4) is 0 Å². The highest BCUT2D eigenvalue weighted by atomic mass is 16.5. The molecule has 1 rings (SSSR count). The van der Waals surface area contributed by atoms with Crippen LogP contribution in [-0.2, 0) is 4.74 Å². The largest absolute Gasteiger partial charge is 0.436 e. The quantitative estimate of drug-likeness (QED) is 0.626. The number of piperidine rings is 1. The fraction of sp³-hybridized carbons (Fsp3) is 0.700. The summed E-state index contributed by atoms with van der Waals surface area (Å²) in [5.74, 6) is 2.68. The van der Waals surface area contributed by atoms with Crippen LogP contribution in [0.2, 0.25) is 0 Å². The van der Waals surface area contributed by atoms with Crippen molar-refractivity contribution in [3.63, 3.8) is 0 Å². The number of alkyl carbamates (subject to hydrolysis) is 1. The fourth-order valence-electron chi connectivity index (χ4n) is 1.53. The minimum Gasteiger partial charge on any atom is -0.436 e. The zero-order chi connectivity index (χ0) is 10.4. The van der Waals surface area contributed by atoms with E-state index in [1.165, 1.54) is 0 Å². The van der Waals surface area contributed by atoms with E-state index < -0.39 is 6.09 Å². The van der Waals surface area contributed by atoms with Crippen molar-refractivity contribution in [2.24, 2.45) is 5.92 Å². The fourth-order valence-corrected chi connectivity index (χ4v) is 1.53. The van der Waals surface area contributed by atoms with Gasteiger partial charge in [0.05, 0.1) is 0 Å². The summed E-state index contributed by atoms with van der Waals surface area (Å²) >= 11 is 0. The molecule has 1 fully saturated rings. The van der Waals surface area contributed by atoms with Crippen LogP contribution in [-0.4, -0.2) is 31.8 Å². The third-order valence-electron chi connectivity index (χ3n) is 2.38. The number of hydrogen-bond donors (Lipinski definition) is 2. The first-order chi connectivity index (χ1) is 6.74. The maximum Gasteiger partial charge on any atom is 0.408 e. The van der Waals surface area contributed by atoms with Gasteiger partial charge in [0.15, 0.2) is 6.61 Å². The van der Waals surface area contributed by atoms with Gasteiger partial charge >= 0.3 is 6.09 Å². The summed E-state index contributed by atoms with van der Waals surface area (Å²) in [5, 5.41) is 6.06. The van der Waals surface area contributed by atoms with Crippen LogP contribution >= 0.6 is 0 Å². The van der Waals surface area contributed by atoms with Gasteiger partial charge in [-0.3, -0.25) is 0 Å². The van der Waals surface area contributed by atoms with E-state index in [1.807, 2.05) is 0 Å². The average molecular weight is 196 g/mol. The van der Waals surface area contributed by atoms with Crippen molar-refractivity contribution in [2.75, 3.05) is 19.7 Å². The predicted molar refractivity (Wildman–Crippen MR) is 53.8 cm³/mol. The zero-order valence-corrected chi connectivity index (χ0v) is 8.38. The second-order valence-corrected chi connectivity index (χ2v) is 3.50. The molecule has 2 atom stereocenters. The van der Waals surface area contributed by atoms with Gasteiger partial charge in [0.2, 0.25) is 0 Å². The van der Waals surface area contributed by atoms with Gasteiger partial charge < -0.3 is 15.4 Å². The average Bonchev–Trinajstić information content (AvgIpc) is 2.18. The summed E-state index contributed by atoms with van der Waals surface area (Å²) in [4.78, 5) is 11.2. The van der Waals surface area contributed by atoms with E-state index in [9.17, 15) is 4.79 Å². The molecule has 78 valence electrons. The van der Waals surface area contributed by atoms with E-state index in [1.54, 1.807) is 0 Å². The molecule has 0 aliphatic carbocycles. The Labute approximate surface area is 84.4 Å². The highest BCUT2D eigenvalue weighted by Crippen LogP contribution is 2.10. The lowest BCUT2D eigenvalue weighted by atomic mass is 9.96. The first-order valence-electron chi connectivity index (χ1n) is 4.81. The molecule has 1 saturated heterocycles. The van der Waals surface area contributed by atoms with Crippen molar-refractivity contribution in [3.05, 3.63) is 0 Å². The van der Waals surface area contributed by atoms with Crippen LogP contribution in [0.1, 0.15) is 13.3 Å². The number of terminal acetylenes is 1. The van der Waals surface area contributed by atoms with Crippen molar-refractivity contribution < 1.29 is 9.53 Å². The summed E-state index contributed by atoms with van der Waals surface area (Å²) in [6, 6.07) is 0.196. The molecule has 0 aromatic rings. The third kappa shape index (κ3) is 3.27. The maximum atomic E-state index is 11.2. The lowest BCUT2D eigenvalue weighted by Gasteiger charge is -2.29. The number of ether oxygens (including phenoxy) is 1. The molecule has 4 nitrogen and oxygen atoms in total. The molecule has 2 N–H and O–H groups in total. The minimum atomic E-state index is -0.415.